The first-order valence-corrected chi connectivity index (χ1v) is 7.91. The lowest BCUT2D eigenvalue weighted by molar-refractivity contribution is -0.135. The molecule has 3 aromatic rings. The highest BCUT2D eigenvalue weighted by Crippen LogP contribution is 2.47. The number of benzene rings is 2. The van der Waals surface area contributed by atoms with E-state index < -0.39 is 19.0 Å². The number of halogens is 7. The fraction of sp³-hybridized carbons (Fsp3) is 0.0625. The van der Waals surface area contributed by atoms with Gasteiger partial charge in [0.2, 0.25) is 0 Å². The lowest BCUT2D eigenvalue weighted by atomic mass is 10.0. The molecule has 0 aliphatic rings. The number of nitrogens with zero attached hydrogens (tertiary/aromatic N) is 1. The standard InChI is InChI=1S/C16H8F3NS.BF4/c17-16(18,19)14-12-7-3-4-8-13(12)21-15(14)11-6-2-1-5-10(11)9-20;2-1(3,4)5/h1-8H;/q;-1/p+1. The Bertz CT molecular complexity index is 948. The van der Waals surface area contributed by atoms with Crippen molar-refractivity contribution >= 4 is 28.7 Å². The maximum absolute atomic E-state index is 13.5. The van der Waals surface area contributed by atoms with Gasteiger partial charge in [-0.05, 0) is 35.6 Å². The van der Waals surface area contributed by atoms with Crippen LogP contribution in [-0.4, -0.2) is 7.25 Å². The van der Waals surface area contributed by atoms with E-state index in [4.69, 9.17) is 5.26 Å². The van der Waals surface area contributed by atoms with Crippen LogP contribution in [-0.2, 0) is 6.18 Å². The molecule has 0 radical (unpaired) electrons. The predicted molar refractivity (Wildman–Crippen MR) is 88.6 cm³/mol. The number of nitriles is 1. The van der Waals surface area contributed by atoms with Gasteiger partial charge in [0.1, 0.15) is 5.56 Å². The van der Waals surface area contributed by atoms with E-state index in [9.17, 15) is 30.4 Å². The van der Waals surface area contributed by atoms with E-state index in [0.717, 1.165) is 0 Å². The van der Waals surface area contributed by atoms with Crippen molar-refractivity contribution in [1.82, 2.24) is 0 Å². The van der Waals surface area contributed by atoms with E-state index in [1.165, 1.54) is 12.1 Å². The Morgan fingerprint density at radius 3 is 2.00 bits per heavy atom. The fourth-order valence-electron chi connectivity index (χ4n) is 2.36. The molecule has 0 atom stereocenters. The van der Waals surface area contributed by atoms with Crippen LogP contribution in [0.3, 0.4) is 0 Å². The minimum atomic E-state index is -6.00. The first-order valence-electron chi connectivity index (χ1n) is 7.02. The zero-order chi connectivity index (χ0) is 19.5. The van der Waals surface area contributed by atoms with Crippen LogP contribution in [0.4, 0.5) is 30.4 Å². The lowest BCUT2D eigenvalue weighted by Crippen LogP contribution is -2.05. The summed E-state index contributed by atoms with van der Waals surface area (Å²) in [4.78, 5) is 0.154. The third-order valence-corrected chi connectivity index (χ3v) is 4.55. The Labute approximate surface area is 147 Å². The molecule has 1 heterocycles. The maximum Gasteiger partial charge on any atom is 0.673 e. The van der Waals surface area contributed by atoms with E-state index in [1.807, 2.05) is 6.07 Å². The number of hydrogen-bond acceptors (Lipinski definition) is 1. The van der Waals surface area contributed by atoms with Crippen molar-refractivity contribution in [2.24, 2.45) is 0 Å². The van der Waals surface area contributed by atoms with Crippen molar-refractivity contribution in [2.45, 2.75) is 6.18 Å². The molecule has 0 bridgehead atoms. The molecule has 0 amide bonds. The maximum atomic E-state index is 13.5. The monoisotopic (exact) mass is 391 g/mol. The van der Waals surface area contributed by atoms with Crippen molar-refractivity contribution in [3.8, 4) is 16.5 Å². The average Bonchev–Trinajstić information content (AvgIpc) is 2.92. The van der Waals surface area contributed by atoms with Gasteiger partial charge in [-0.15, -0.1) is 0 Å². The summed E-state index contributed by atoms with van der Waals surface area (Å²) >= 11 is 0.486. The van der Waals surface area contributed by atoms with Gasteiger partial charge in [0.15, 0.2) is 9.58 Å². The van der Waals surface area contributed by atoms with Crippen molar-refractivity contribution in [1.29, 1.82) is 5.26 Å². The minimum Gasteiger partial charge on any atom is -0.418 e. The summed E-state index contributed by atoms with van der Waals surface area (Å²) in [5, 5.41) is 9.33. The molecule has 3 rings (SSSR count). The molecule has 136 valence electrons. The molecule has 0 saturated heterocycles. The highest BCUT2D eigenvalue weighted by atomic mass is 32.1. The third-order valence-electron chi connectivity index (χ3n) is 3.23. The summed E-state index contributed by atoms with van der Waals surface area (Å²) < 4.78 is 80.0. The van der Waals surface area contributed by atoms with Gasteiger partial charge < -0.3 is 17.3 Å². The van der Waals surface area contributed by atoms with Gasteiger partial charge in [0.05, 0.1) is 22.6 Å². The molecule has 1 nitrogen and oxygen atoms in total. The number of fused-ring (bicyclic) bond motifs is 1. The van der Waals surface area contributed by atoms with Gasteiger partial charge in [-0.25, -0.2) is 0 Å². The highest BCUT2D eigenvalue weighted by molar-refractivity contribution is 7.22. The van der Waals surface area contributed by atoms with Gasteiger partial charge in [0, 0.05) is 0 Å². The highest BCUT2D eigenvalue weighted by Gasteiger charge is 2.41. The van der Waals surface area contributed by atoms with Crippen LogP contribution in [0.25, 0.3) is 20.5 Å². The fourth-order valence-corrected chi connectivity index (χ4v) is 3.74. The molecule has 0 aliphatic carbocycles. The second kappa shape index (κ2) is 7.37. The zero-order valence-electron chi connectivity index (χ0n) is 12.7. The van der Waals surface area contributed by atoms with Gasteiger partial charge in [-0.3, -0.25) is 0 Å². The number of alkyl halides is 3. The molecule has 0 saturated carbocycles. The van der Waals surface area contributed by atoms with Crippen molar-refractivity contribution in [2.75, 3.05) is 0 Å². The molecule has 0 aliphatic heterocycles. The largest absolute Gasteiger partial charge is 0.673 e. The molecule has 2 aromatic carbocycles. The second-order valence-corrected chi connectivity index (χ2v) is 6.16. The van der Waals surface area contributed by atoms with Gasteiger partial charge >= 0.3 is 13.4 Å². The molecule has 0 unspecified atom stereocenters. The molecule has 26 heavy (non-hydrogen) atoms. The van der Waals surface area contributed by atoms with E-state index in [2.05, 4.69) is 0 Å². The summed E-state index contributed by atoms with van der Waals surface area (Å²) in [6.45, 7) is 0. The first kappa shape index (κ1) is 19.8. The number of thiophene rings is 1. The number of hydrogen-bond donors (Lipinski definition) is 0. The van der Waals surface area contributed by atoms with Crippen LogP contribution in [0, 0.1) is 11.3 Å². The lowest BCUT2D eigenvalue weighted by Gasteiger charge is -2.06. The van der Waals surface area contributed by atoms with Gasteiger partial charge in [-0.2, -0.15) is 18.4 Å². The Morgan fingerprint density at radius 1 is 0.885 bits per heavy atom. The average molecular weight is 391 g/mol. The smallest absolute Gasteiger partial charge is 0.418 e. The quantitative estimate of drug-likeness (QED) is 0.264. The van der Waals surface area contributed by atoms with Crippen LogP contribution in [0.2, 0.25) is 0 Å². The van der Waals surface area contributed by atoms with E-state index in [0.29, 0.717) is 21.6 Å². The van der Waals surface area contributed by atoms with E-state index in [1.54, 1.807) is 36.4 Å². The molecular formula is C16H9BF7NS. The van der Waals surface area contributed by atoms with Crippen molar-refractivity contribution < 1.29 is 30.4 Å². The summed E-state index contributed by atoms with van der Waals surface area (Å²) in [7, 11) is -6.00. The second-order valence-electron chi connectivity index (χ2n) is 5.00. The molecule has 0 fully saturated rings. The summed E-state index contributed by atoms with van der Waals surface area (Å²) in [6, 6.07) is 14.8. The van der Waals surface area contributed by atoms with Crippen molar-refractivity contribution in [3.63, 3.8) is 0 Å². The zero-order valence-corrected chi connectivity index (χ0v) is 13.6. The molecule has 0 N–H and O–H groups in total. The topological polar surface area (TPSA) is 23.8 Å². The Hall–Kier alpha value is -2.54. The van der Waals surface area contributed by atoms with Crippen LogP contribution < -0.4 is 0 Å². The van der Waals surface area contributed by atoms with E-state index in [-0.39, 0.29) is 15.8 Å². The normalized spacial score (nSPS) is 11.6. The Balaban J connectivity index is 0.000000431. The van der Waals surface area contributed by atoms with Crippen LogP contribution in [0.1, 0.15) is 11.1 Å². The van der Waals surface area contributed by atoms with Gasteiger partial charge in [-0.1, -0.05) is 24.3 Å². The third kappa shape index (κ3) is 4.76. The molecule has 10 heteroatoms. The SMILES string of the molecule is F[B-](F)(F)F.N#Cc1ccccc1-c1[sH+]c2ccccc2c1C(F)(F)F. The summed E-state index contributed by atoms with van der Waals surface area (Å²) in [6.07, 6.45) is -4.45. The van der Waals surface area contributed by atoms with E-state index >= 15 is 0 Å². The van der Waals surface area contributed by atoms with Gasteiger partial charge in [0.25, 0.3) is 0 Å². The molecular weight excluding hydrogens is 382 g/mol. The first-order chi connectivity index (χ1) is 12.0. The molecule has 1 aromatic heterocycles. The predicted octanol–water partition coefficient (Wildman–Crippen LogP) is 6.49. The summed E-state index contributed by atoms with van der Waals surface area (Å²) in [5.41, 5.74) is -0.0257. The van der Waals surface area contributed by atoms with Crippen LogP contribution in [0.5, 0.6) is 0 Å². The van der Waals surface area contributed by atoms with Crippen LogP contribution >= 0.6 is 11.3 Å². The number of rotatable bonds is 1. The Morgan fingerprint density at radius 2 is 1.42 bits per heavy atom. The van der Waals surface area contributed by atoms with Crippen LogP contribution in [0.15, 0.2) is 48.5 Å². The molecule has 0 spiro atoms. The minimum absolute atomic E-state index is 0.154. The van der Waals surface area contributed by atoms with Crippen molar-refractivity contribution in [3.05, 3.63) is 59.7 Å². The Kier molecular flexibility index (Phi) is 5.61. The summed E-state index contributed by atoms with van der Waals surface area (Å²) in [5.74, 6) is 0.